The van der Waals surface area contributed by atoms with Crippen LogP contribution in [0.5, 0.6) is 11.5 Å². The highest BCUT2D eigenvalue weighted by molar-refractivity contribution is 5.98. The molecule has 1 amide bonds. The van der Waals surface area contributed by atoms with Gasteiger partial charge in [-0.3, -0.25) is 4.79 Å². The predicted octanol–water partition coefficient (Wildman–Crippen LogP) is 6.44. The summed E-state index contributed by atoms with van der Waals surface area (Å²) in [5.74, 6) is 0.0355. The van der Waals surface area contributed by atoms with Crippen molar-refractivity contribution in [2.75, 3.05) is 46.7 Å². The van der Waals surface area contributed by atoms with Crippen LogP contribution in [0.2, 0.25) is 0 Å². The molecule has 10 nitrogen and oxygen atoms in total. The zero-order chi connectivity index (χ0) is 33.9. The molecule has 254 valence electrons. The molecule has 2 aliphatic carbocycles. The molecule has 1 heterocycles. The first-order valence-corrected chi connectivity index (χ1v) is 16.9. The van der Waals surface area contributed by atoms with Gasteiger partial charge in [-0.15, -0.1) is 0 Å². The topological polar surface area (TPSA) is 118 Å². The number of nitrogens with zero attached hydrogens (tertiary/aromatic N) is 3. The summed E-state index contributed by atoms with van der Waals surface area (Å²) in [5, 5.41) is 22.2. The molecule has 3 N–H and O–H groups in total. The standard InChI is InChI=1S/C37H51N5O5/c1-23(2)28-21-27(38-17-10-18-41(4)5)15-16-30(28)42-31(34-32(46-6)13-9-14-33(34)47-7)22-29(40-42)35(43)39-37(36(44)45)25-11-8-12-26(37)20-24(3)19-25/h9,13-16,21-26,38H,8,10-12,17-20H2,1-7H3,(H,39,43)(H,44,45). The molecule has 2 aromatic carbocycles. The largest absolute Gasteiger partial charge is 0.496 e. The van der Waals surface area contributed by atoms with Crippen LogP contribution < -0.4 is 20.1 Å². The molecule has 3 aromatic rings. The number of fused-ring (bicyclic) bond motifs is 2. The fourth-order valence-corrected chi connectivity index (χ4v) is 7.84. The lowest BCUT2D eigenvalue weighted by Gasteiger charge is -2.52. The Morgan fingerprint density at radius 1 is 1.06 bits per heavy atom. The van der Waals surface area contributed by atoms with Crippen LogP contribution >= 0.6 is 0 Å². The van der Waals surface area contributed by atoms with E-state index in [-0.39, 0.29) is 23.4 Å². The lowest BCUT2D eigenvalue weighted by molar-refractivity contribution is -0.156. The Morgan fingerprint density at radius 2 is 1.72 bits per heavy atom. The molecule has 2 fully saturated rings. The summed E-state index contributed by atoms with van der Waals surface area (Å²) < 4.78 is 13.4. The van der Waals surface area contributed by atoms with Gasteiger partial charge >= 0.3 is 5.97 Å². The molecule has 10 heteroatoms. The summed E-state index contributed by atoms with van der Waals surface area (Å²) in [6, 6.07) is 13.5. The van der Waals surface area contributed by atoms with Gasteiger partial charge in [0.1, 0.15) is 17.0 Å². The number of hydrogen-bond donors (Lipinski definition) is 3. The summed E-state index contributed by atoms with van der Waals surface area (Å²) in [5.41, 5.74) is 2.98. The van der Waals surface area contributed by atoms with E-state index in [2.05, 4.69) is 56.5 Å². The summed E-state index contributed by atoms with van der Waals surface area (Å²) in [6.07, 6.45) is 5.15. The van der Waals surface area contributed by atoms with E-state index in [1.807, 2.05) is 30.3 Å². The number of carbonyl (C=O) groups is 2. The van der Waals surface area contributed by atoms with E-state index < -0.39 is 17.4 Å². The molecule has 5 rings (SSSR count). The number of rotatable bonds is 13. The first kappa shape index (κ1) is 34.3. The number of nitrogens with one attached hydrogen (secondary N) is 2. The van der Waals surface area contributed by atoms with Crippen molar-refractivity contribution in [2.45, 2.75) is 70.8 Å². The van der Waals surface area contributed by atoms with Crippen molar-refractivity contribution in [2.24, 2.45) is 17.8 Å². The van der Waals surface area contributed by atoms with Crippen molar-refractivity contribution in [3.63, 3.8) is 0 Å². The van der Waals surface area contributed by atoms with Crippen LogP contribution in [0.4, 0.5) is 5.69 Å². The average molecular weight is 646 g/mol. The van der Waals surface area contributed by atoms with Crippen molar-refractivity contribution >= 4 is 17.6 Å². The molecule has 0 aliphatic heterocycles. The maximum atomic E-state index is 14.2. The van der Waals surface area contributed by atoms with Gasteiger partial charge < -0.3 is 30.1 Å². The lowest BCUT2D eigenvalue weighted by atomic mass is 9.57. The van der Waals surface area contributed by atoms with E-state index >= 15 is 0 Å². The van der Waals surface area contributed by atoms with E-state index in [0.717, 1.165) is 68.6 Å². The molecule has 2 atom stereocenters. The van der Waals surface area contributed by atoms with Crippen LogP contribution in [0.15, 0.2) is 42.5 Å². The fourth-order valence-electron chi connectivity index (χ4n) is 7.84. The number of ether oxygens (including phenoxy) is 2. The number of aromatic nitrogens is 2. The normalized spacial score (nSPS) is 22.3. The number of hydrogen-bond acceptors (Lipinski definition) is 7. The quantitative estimate of drug-likeness (QED) is 0.182. The zero-order valence-corrected chi connectivity index (χ0v) is 28.9. The van der Waals surface area contributed by atoms with Crippen LogP contribution in [-0.2, 0) is 4.79 Å². The minimum Gasteiger partial charge on any atom is -0.496 e. The van der Waals surface area contributed by atoms with Crippen LogP contribution in [-0.4, -0.2) is 78.6 Å². The molecule has 1 aromatic heterocycles. The van der Waals surface area contributed by atoms with E-state index in [9.17, 15) is 14.7 Å². The molecule has 2 aliphatic rings. The molecule has 2 unspecified atom stereocenters. The summed E-state index contributed by atoms with van der Waals surface area (Å²) in [4.78, 5) is 29.4. The number of benzene rings is 2. The van der Waals surface area contributed by atoms with Gasteiger partial charge in [0.25, 0.3) is 5.91 Å². The van der Waals surface area contributed by atoms with Crippen molar-refractivity contribution < 1.29 is 24.2 Å². The summed E-state index contributed by atoms with van der Waals surface area (Å²) in [7, 11) is 7.34. The van der Waals surface area contributed by atoms with E-state index in [1.165, 1.54) is 0 Å². The Balaban J connectivity index is 1.61. The highest BCUT2D eigenvalue weighted by Gasteiger charge is 2.57. The Bertz CT molecular complexity index is 1540. The van der Waals surface area contributed by atoms with Gasteiger partial charge in [0.15, 0.2) is 5.69 Å². The summed E-state index contributed by atoms with van der Waals surface area (Å²) >= 11 is 0. The smallest absolute Gasteiger partial charge is 0.330 e. The predicted molar refractivity (Wildman–Crippen MR) is 185 cm³/mol. The third kappa shape index (κ3) is 6.84. The molecule has 2 bridgehead atoms. The van der Waals surface area contributed by atoms with Crippen LogP contribution in [0.25, 0.3) is 16.9 Å². The Kier molecular flexibility index (Phi) is 10.5. The molecule has 47 heavy (non-hydrogen) atoms. The highest BCUT2D eigenvalue weighted by atomic mass is 16.5. The third-order valence-electron chi connectivity index (χ3n) is 10.1. The summed E-state index contributed by atoms with van der Waals surface area (Å²) in [6.45, 7) is 8.29. The highest BCUT2D eigenvalue weighted by Crippen LogP contribution is 2.50. The Hall–Kier alpha value is -4.05. The Morgan fingerprint density at radius 3 is 2.30 bits per heavy atom. The number of carboxylic acids is 1. The zero-order valence-electron chi connectivity index (χ0n) is 28.9. The molecule has 0 spiro atoms. The van der Waals surface area contributed by atoms with Gasteiger partial charge in [-0.1, -0.05) is 33.3 Å². The maximum Gasteiger partial charge on any atom is 0.330 e. The minimum absolute atomic E-state index is 0.118. The van der Waals surface area contributed by atoms with E-state index in [4.69, 9.17) is 14.6 Å². The number of amides is 1. The molecular formula is C37H51N5O5. The van der Waals surface area contributed by atoms with Crippen molar-refractivity contribution in [1.82, 2.24) is 20.0 Å². The average Bonchev–Trinajstić information content (AvgIpc) is 3.47. The van der Waals surface area contributed by atoms with E-state index in [0.29, 0.717) is 28.7 Å². The van der Waals surface area contributed by atoms with Gasteiger partial charge in [0, 0.05) is 12.2 Å². The molecule has 0 radical (unpaired) electrons. The second-order valence-corrected chi connectivity index (χ2v) is 13.9. The fraction of sp³-hybridized carbons (Fsp3) is 0.541. The van der Waals surface area contributed by atoms with Crippen molar-refractivity contribution in [1.29, 1.82) is 0 Å². The number of aliphatic carboxylic acids is 1. The second-order valence-electron chi connectivity index (χ2n) is 13.9. The Labute approximate surface area is 278 Å². The van der Waals surface area contributed by atoms with Gasteiger partial charge in [0.05, 0.1) is 31.2 Å². The number of methoxy groups -OCH3 is 2. The number of carboxylic acid groups (broad SMARTS) is 1. The minimum atomic E-state index is -1.31. The maximum absolute atomic E-state index is 14.2. The van der Waals surface area contributed by atoms with Crippen molar-refractivity contribution in [3.05, 3.63) is 53.7 Å². The SMILES string of the molecule is COc1cccc(OC)c1-c1cc(C(=O)NC2(C(=O)O)C3CCCC2CC(C)C3)nn1-c1ccc(NCCCN(C)C)cc1C(C)C. The van der Waals surface area contributed by atoms with Gasteiger partial charge in [-0.05, 0) is 118 Å². The first-order valence-electron chi connectivity index (χ1n) is 16.9. The second kappa shape index (κ2) is 14.4. The van der Waals surface area contributed by atoms with Gasteiger partial charge in [-0.2, -0.15) is 5.10 Å². The van der Waals surface area contributed by atoms with Gasteiger partial charge in [-0.25, -0.2) is 9.48 Å². The van der Waals surface area contributed by atoms with E-state index in [1.54, 1.807) is 25.0 Å². The van der Waals surface area contributed by atoms with Crippen molar-refractivity contribution in [3.8, 4) is 28.4 Å². The van der Waals surface area contributed by atoms with Gasteiger partial charge in [0.2, 0.25) is 0 Å². The van der Waals surface area contributed by atoms with Crippen LogP contribution in [0.1, 0.15) is 81.3 Å². The van der Waals surface area contributed by atoms with Crippen LogP contribution in [0, 0.1) is 17.8 Å². The number of carbonyl (C=O) groups excluding carboxylic acids is 1. The lowest BCUT2D eigenvalue weighted by Crippen LogP contribution is -2.67. The molecular weight excluding hydrogens is 594 g/mol. The van der Waals surface area contributed by atoms with Crippen LogP contribution in [0.3, 0.4) is 0 Å². The first-order chi connectivity index (χ1) is 22.5. The molecule has 0 saturated heterocycles. The third-order valence-corrected chi connectivity index (χ3v) is 10.1. The molecule has 2 saturated carbocycles. The number of anilines is 1. The monoisotopic (exact) mass is 645 g/mol.